The summed E-state index contributed by atoms with van der Waals surface area (Å²) in [5, 5.41) is 10.9. The molecule has 224 valence electrons. The highest BCUT2D eigenvalue weighted by Crippen LogP contribution is 2.29. The first-order valence-corrected chi connectivity index (χ1v) is 14.9. The van der Waals surface area contributed by atoms with Crippen LogP contribution in [0.5, 0.6) is 5.75 Å². The molecule has 2 unspecified atom stereocenters. The van der Waals surface area contributed by atoms with E-state index in [1.807, 2.05) is 13.8 Å². The summed E-state index contributed by atoms with van der Waals surface area (Å²) in [6, 6.07) is 10.7. The highest BCUT2D eigenvalue weighted by atomic mass is 32.2. The van der Waals surface area contributed by atoms with Crippen LogP contribution < -0.4 is 10.5 Å². The highest BCUT2D eigenvalue weighted by Gasteiger charge is 2.31. The molecule has 0 saturated heterocycles. The zero-order chi connectivity index (χ0) is 29.9. The van der Waals surface area contributed by atoms with Crippen molar-refractivity contribution in [3.05, 3.63) is 65.2 Å². The van der Waals surface area contributed by atoms with Crippen molar-refractivity contribution in [1.29, 1.82) is 0 Å². The van der Waals surface area contributed by atoms with E-state index in [0.29, 0.717) is 42.8 Å². The number of aliphatic hydroxyl groups excluding tert-OH is 1. The number of halogens is 3. The number of benzene rings is 2. The normalized spacial score (nSPS) is 13.7. The summed E-state index contributed by atoms with van der Waals surface area (Å²) in [7, 11) is -2.17. The number of carbonyl (C=O) groups is 1. The van der Waals surface area contributed by atoms with Crippen molar-refractivity contribution in [2.75, 3.05) is 32.5 Å². The van der Waals surface area contributed by atoms with E-state index in [-0.39, 0.29) is 31.7 Å². The molecular formula is C28H40F3N3O5S. The number of nitrogens with two attached hydrogens (primary N) is 1. The fourth-order valence-corrected chi connectivity index (χ4v) is 5.89. The molecule has 2 rings (SSSR count). The number of alkyl halides is 3. The van der Waals surface area contributed by atoms with Crippen LogP contribution in [-0.2, 0) is 34.0 Å². The van der Waals surface area contributed by atoms with Crippen LogP contribution >= 0.6 is 0 Å². The number of hydrogen-bond donors (Lipinski definition) is 2. The maximum absolute atomic E-state index is 13.3. The molecule has 0 spiro atoms. The van der Waals surface area contributed by atoms with Crippen LogP contribution in [0.25, 0.3) is 0 Å². The van der Waals surface area contributed by atoms with Crippen molar-refractivity contribution in [3.63, 3.8) is 0 Å². The first-order chi connectivity index (χ1) is 18.8. The Morgan fingerprint density at radius 3 is 2.27 bits per heavy atom. The molecule has 0 radical (unpaired) electrons. The molecule has 1 amide bonds. The molecule has 40 heavy (non-hydrogen) atoms. The first kappa shape index (κ1) is 33.5. The van der Waals surface area contributed by atoms with Gasteiger partial charge in [0, 0.05) is 38.6 Å². The second-order valence-electron chi connectivity index (χ2n) is 9.72. The second kappa shape index (κ2) is 15.4. The lowest BCUT2D eigenvalue weighted by Gasteiger charge is -2.29. The van der Waals surface area contributed by atoms with Gasteiger partial charge in [-0.1, -0.05) is 44.2 Å². The number of rotatable bonds is 16. The van der Waals surface area contributed by atoms with Gasteiger partial charge in [-0.3, -0.25) is 4.79 Å². The zero-order valence-electron chi connectivity index (χ0n) is 23.2. The average Bonchev–Trinajstić information content (AvgIpc) is 2.91. The Labute approximate surface area is 235 Å². The number of amides is 1. The summed E-state index contributed by atoms with van der Waals surface area (Å²) in [4.78, 5) is 14.6. The Balaban J connectivity index is 2.20. The third-order valence-corrected chi connectivity index (χ3v) is 8.27. The van der Waals surface area contributed by atoms with E-state index in [1.54, 1.807) is 24.3 Å². The summed E-state index contributed by atoms with van der Waals surface area (Å²) in [6.45, 7) is 4.30. The minimum Gasteiger partial charge on any atom is -0.497 e. The van der Waals surface area contributed by atoms with E-state index < -0.39 is 39.8 Å². The summed E-state index contributed by atoms with van der Waals surface area (Å²) >= 11 is 0. The number of hydrogen-bond acceptors (Lipinski definition) is 6. The van der Waals surface area contributed by atoms with Crippen LogP contribution in [0.2, 0.25) is 0 Å². The highest BCUT2D eigenvalue weighted by molar-refractivity contribution is 7.89. The Hall–Kier alpha value is -2.67. The van der Waals surface area contributed by atoms with Crippen molar-refractivity contribution in [2.45, 2.75) is 64.4 Å². The van der Waals surface area contributed by atoms with Crippen molar-refractivity contribution < 1.29 is 36.2 Å². The number of methoxy groups -OCH3 is 1. The molecule has 0 aliphatic rings. The number of nitrogens with zero attached hydrogens (tertiary/aromatic N) is 2. The van der Waals surface area contributed by atoms with Gasteiger partial charge in [0.25, 0.3) is 0 Å². The van der Waals surface area contributed by atoms with E-state index in [9.17, 15) is 31.5 Å². The molecule has 0 aromatic heterocycles. The van der Waals surface area contributed by atoms with E-state index in [2.05, 4.69) is 0 Å². The predicted octanol–water partition coefficient (Wildman–Crippen LogP) is 3.82. The minimum atomic E-state index is -4.51. The maximum Gasteiger partial charge on any atom is 0.416 e. The summed E-state index contributed by atoms with van der Waals surface area (Å²) in [6.07, 6.45) is -4.86. The van der Waals surface area contributed by atoms with Gasteiger partial charge in [0.2, 0.25) is 15.9 Å². The number of ether oxygens (including phenoxy) is 1. The summed E-state index contributed by atoms with van der Waals surface area (Å²) in [5.41, 5.74) is 6.32. The quantitative estimate of drug-likeness (QED) is 0.309. The van der Waals surface area contributed by atoms with Crippen LogP contribution in [0.15, 0.2) is 48.5 Å². The third-order valence-electron chi connectivity index (χ3n) is 6.40. The SMILES string of the molecule is CCCN(CCC)S(=O)(=O)CCC(=O)N(Cc1cccc(OC)c1)CC(O)C(N)Cc1cccc(C(F)(F)F)c1. The maximum atomic E-state index is 13.3. The largest absolute Gasteiger partial charge is 0.497 e. The van der Waals surface area contributed by atoms with Crippen molar-refractivity contribution in [3.8, 4) is 5.75 Å². The third kappa shape index (κ3) is 10.4. The Morgan fingerprint density at radius 1 is 1.05 bits per heavy atom. The van der Waals surface area contributed by atoms with Crippen LogP contribution in [0.1, 0.15) is 49.8 Å². The van der Waals surface area contributed by atoms with Gasteiger partial charge in [-0.15, -0.1) is 0 Å². The van der Waals surface area contributed by atoms with E-state index in [0.717, 1.165) is 12.1 Å². The van der Waals surface area contributed by atoms with E-state index >= 15 is 0 Å². The smallest absolute Gasteiger partial charge is 0.416 e. The number of sulfonamides is 1. The van der Waals surface area contributed by atoms with Crippen molar-refractivity contribution in [1.82, 2.24) is 9.21 Å². The Bertz CT molecular complexity index is 1190. The van der Waals surface area contributed by atoms with Crippen molar-refractivity contribution >= 4 is 15.9 Å². The lowest BCUT2D eigenvalue weighted by atomic mass is 9.99. The molecule has 0 bridgehead atoms. The fraction of sp³-hybridized carbons (Fsp3) is 0.536. The zero-order valence-corrected chi connectivity index (χ0v) is 24.0. The fourth-order valence-electron chi connectivity index (χ4n) is 4.28. The van der Waals surface area contributed by atoms with Crippen LogP contribution in [0.3, 0.4) is 0 Å². The molecule has 0 fully saturated rings. The monoisotopic (exact) mass is 587 g/mol. The first-order valence-electron chi connectivity index (χ1n) is 13.3. The second-order valence-corrected chi connectivity index (χ2v) is 11.8. The molecule has 0 aliphatic heterocycles. The van der Waals surface area contributed by atoms with Gasteiger partial charge in [-0.25, -0.2) is 12.7 Å². The van der Waals surface area contributed by atoms with Gasteiger partial charge in [-0.05, 0) is 48.6 Å². The van der Waals surface area contributed by atoms with Crippen LogP contribution in [0, 0.1) is 0 Å². The van der Waals surface area contributed by atoms with Gasteiger partial charge in [0.1, 0.15) is 5.75 Å². The lowest BCUT2D eigenvalue weighted by Crippen LogP contribution is -2.46. The molecule has 2 atom stereocenters. The van der Waals surface area contributed by atoms with Gasteiger partial charge in [-0.2, -0.15) is 13.2 Å². The van der Waals surface area contributed by atoms with E-state index in [4.69, 9.17) is 10.5 Å². The Morgan fingerprint density at radius 2 is 1.68 bits per heavy atom. The van der Waals surface area contributed by atoms with Crippen molar-refractivity contribution in [2.24, 2.45) is 5.73 Å². The van der Waals surface area contributed by atoms with E-state index in [1.165, 1.54) is 28.4 Å². The summed E-state index contributed by atoms with van der Waals surface area (Å²) in [5.74, 6) is -0.318. The van der Waals surface area contributed by atoms with Gasteiger partial charge in [0.15, 0.2) is 0 Å². The standard InChI is InChI=1S/C28H40F3N3O5S/c1-4-13-34(14-5-2)40(37,38)15-12-27(36)33(19-22-9-7-11-24(17-22)39-3)20-26(35)25(32)18-21-8-6-10-23(16-21)28(29,30)31/h6-11,16-17,25-26,35H,4-5,12-15,18-20,32H2,1-3H3. The minimum absolute atomic E-state index is 0.0519. The van der Waals surface area contributed by atoms with Crippen LogP contribution in [-0.4, -0.2) is 73.3 Å². The van der Waals surface area contributed by atoms with Gasteiger partial charge < -0.3 is 20.5 Å². The average molecular weight is 588 g/mol. The molecule has 12 heteroatoms. The number of carbonyl (C=O) groups excluding carboxylic acids is 1. The topological polar surface area (TPSA) is 113 Å². The van der Waals surface area contributed by atoms with Gasteiger partial charge >= 0.3 is 6.18 Å². The molecular weight excluding hydrogens is 547 g/mol. The summed E-state index contributed by atoms with van der Waals surface area (Å²) < 4.78 is 71.7. The molecule has 0 saturated carbocycles. The molecule has 3 N–H and O–H groups in total. The Kier molecular flexibility index (Phi) is 12.9. The molecule has 8 nitrogen and oxygen atoms in total. The lowest BCUT2D eigenvalue weighted by molar-refractivity contribution is -0.137. The molecule has 0 aliphatic carbocycles. The number of aliphatic hydroxyl groups is 1. The molecule has 0 heterocycles. The molecule has 2 aromatic carbocycles. The predicted molar refractivity (Wildman–Crippen MR) is 148 cm³/mol. The van der Waals surface area contributed by atoms with Gasteiger partial charge in [0.05, 0.1) is 24.5 Å². The van der Waals surface area contributed by atoms with Crippen LogP contribution in [0.4, 0.5) is 13.2 Å². The molecule has 2 aromatic rings.